The Morgan fingerprint density at radius 3 is 2.69 bits per heavy atom. The van der Waals surface area contributed by atoms with E-state index in [1.54, 1.807) is 36.8 Å². The van der Waals surface area contributed by atoms with Crippen LogP contribution in [0.15, 0.2) is 67.6 Å². The normalized spacial score (nSPS) is 13.5. The summed E-state index contributed by atoms with van der Waals surface area (Å²) in [5.74, 6) is 0.994. The van der Waals surface area contributed by atoms with Crippen molar-refractivity contribution in [3.8, 4) is 11.3 Å². The molecular weight excluding hydrogens is 466 g/mol. The molecule has 1 saturated heterocycles. The Labute approximate surface area is 206 Å². The van der Waals surface area contributed by atoms with Crippen LogP contribution in [0.3, 0.4) is 0 Å². The van der Waals surface area contributed by atoms with Gasteiger partial charge in [-0.25, -0.2) is 15.0 Å². The zero-order chi connectivity index (χ0) is 24.2. The van der Waals surface area contributed by atoms with E-state index < -0.39 is 0 Å². The van der Waals surface area contributed by atoms with Crippen molar-refractivity contribution in [1.29, 1.82) is 0 Å². The number of nitrogens with one attached hydrogen (secondary N) is 2. The predicted octanol–water partition coefficient (Wildman–Crippen LogP) is 4.44. The van der Waals surface area contributed by atoms with Gasteiger partial charge in [-0.1, -0.05) is 18.2 Å². The number of amides is 1. The van der Waals surface area contributed by atoms with Gasteiger partial charge >= 0.3 is 0 Å². The average molecular weight is 488 g/mol. The quantitative estimate of drug-likeness (QED) is 0.384. The minimum Gasteiger partial charge on any atom is -0.378 e. The maximum absolute atomic E-state index is 11.7. The number of pyridine rings is 2. The van der Waals surface area contributed by atoms with Crippen LogP contribution in [0.2, 0.25) is 5.02 Å². The molecule has 0 atom stereocenters. The van der Waals surface area contributed by atoms with Crippen molar-refractivity contribution in [3.05, 3.63) is 72.7 Å². The Kier molecular flexibility index (Phi) is 6.51. The van der Waals surface area contributed by atoms with E-state index in [1.165, 1.54) is 6.08 Å². The first-order chi connectivity index (χ1) is 17.1. The molecule has 0 radical (unpaired) electrons. The fourth-order valence-corrected chi connectivity index (χ4v) is 4.03. The molecule has 35 heavy (non-hydrogen) atoms. The van der Waals surface area contributed by atoms with E-state index >= 15 is 0 Å². The van der Waals surface area contributed by atoms with Gasteiger partial charge in [0.25, 0.3) is 0 Å². The zero-order valence-corrected chi connectivity index (χ0v) is 19.5. The first-order valence-corrected chi connectivity index (χ1v) is 11.4. The smallest absolute Gasteiger partial charge is 0.247 e. The van der Waals surface area contributed by atoms with Gasteiger partial charge in [0, 0.05) is 42.1 Å². The molecule has 4 heterocycles. The number of fused-ring (bicyclic) bond motifs is 1. The number of carbonyl (C=O) groups is 1. The highest BCUT2D eigenvalue weighted by Gasteiger charge is 2.15. The van der Waals surface area contributed by atoms with Crippen LogP contribution < -0.4 is 15.5 Å². The lowest BCUT2D eigenvalue weighted by atomic mass is 10.1. The van der Waals surface area contributed by atoms with Gasteiger partial charge in [0.15, 0.2) is 0 Å². The standard InChI is InChI=1S/C25H22ClN7O2/c1-2-22(34)30-17-7-8-27-20(13-17)23-19(26)5-3-16-14-29-25(32-24(16)23)31-18-4-6-21(28-15-18)33-9-11-35-12-10-33/h2-8,13-15H,1,9-12H2,(H,27,30,34)(H,29,31,32). The topological polar surface area (TPSA) is 105 Å². The summed E-state index contributed by atoms with van der Waals surface area (Å²) in [6.45, 7) is 6.53. The Bertz CT molecular complexity index is 1390. The van der Waals surface area contributed by atoms with Gasteiger partial charge in [0.1, 0.15) is 5.82 Å². The van der Waals surface area contributed by atoms with Gasteiger partial charge in [-0.2, -0.15) is 0 Å². The van der Waals surface area contributed by atoms with Crippen molar-refractivity contribution in [2.24, 2.45) is 0 Å². The van der Waals surface area contributed by atoms with Crippen LogP contribution in [-0.4, -0.2) is 52.1 Å². The lowest BCUT2D eigenvalue weighted by molar-refractivity contribution is -0.111. The number of ether oxygens (including phenoxy) is 1. The van der Waals surface area contributed by atoms with Gasteiger partial charge in [0.05, 0.1) is 41.3 Å². The summed E-state index contributed by atoms with van der Waals surface area (Å²) in [5, 5.41) is 7.24. The summed E-state index contributed by atoms with van der Waals surface area (Å²) >= 11 is 6.58. The second-order valence-electron chi connectivity index (χ2n) is 7.81. The summed E-state index contributed by atoms with van der Waals surface area (Å²) in [4.78, 5) is 32.1. The third kappa shape index (κ3) is 5.06. The van der Waals surface area contributed by atoms with Crippen LogP contribution in [0.1, 0.15) is 0 Å². The van der Waals surface area contributed by atoms with Crippen LogP contribution in [0.5, 0.6) is 0 Å². The number of benzene rings is 1. The molecule has 0 saturated carbocycles. The van der Waals surface area contributed by atoms with Crippen LogP contribution in [0.4, 0.5) is 23.1 Å². The molecule has 9 nitrogen and oxygen atoms in total. The molecule has 1 aromatic carbocycles. The number of anilines is 4. The highest BCUT2D eigenvalue weighted by Crippen LogP contribution is 2.34. The maximum Gasteiger partial charge on any atom is 0.247 e. The van der Waals surface area contributed by atoms with E-state index in [0.29, 0.717) is 46.6 Å². The average Bonchev–Trinajstić information content (AvgIpc) is 2.89. The number of rotatable bonds is 6. The number of aromatic nitrogens is 4. The van der Waals surface area contributed by atoms with E-state index in [4.69, 9.17) is 21.3 Å². The second-order valence-corrected chi connectivity index (χ2v) is 8.21. The number of hydrogen-bond donors (Lipinski definition) is 2. The van der Waals surface area contributed by atoms with Gasteiger partial charge in [0.2, 0.25) is 11.9 Å². The lowest BCUT2D eigenvalue weighted by Gasteiger charge is -2.27. The fourth-order valence-electron chi connectivity index (χ4n) is 3.78. The molecule has 2 N–H and O–H groups in total. The minimum absolute atomic E-state index is 0.312. The van der Waals surface area contributed by atoms with E-state index in [-0.39, 0.29) is 5.91 Å². The van der Waals surface area contributed by atoms with E-state index in [1.807, 2.05) is 18.2 Å². The van der Waals surface area contributed by atoms with Gasteiger partial charge in [-0.05, 0) is 42.5 Å². The highest BCUT2D eigenvalue weighted by atomic mass is 35.5. The molecule has 0 unspecified atom stereocenters. The predicted molar refractivity (Wildman–Crippen MR) is 137 cm³/mol. The molecule has 1 fully saturated rings. The summed E-state index contributed by atoms with van der Waals surface area (Å²) in [7, 11) is 0. The minimum atomic E-state index is -0.312. The first kappa shape index (κ1) is 22.7. The third-order valence-corrected chi connectivity index (χ3v) is 5.82. The third-order valence-electron chi connectivity index (χ3n) is 5.51. The van der Waals surface area contributed by atoms with Gasteiger partial charge in [-0.15, -0.1) is 0 Å². The van der Waals surface area contributed by atoms with Crippen molar-refractivity contribution < 1.29 is 9.53 Å². The summed E-state index contributed by atoms with van der Waals surface area (Å²) in [6, 6.07) is 11.0. The number of halogens is 1. The van der Waals surface area contributed by atoms with E-state index in [2.05, 4.69) is 37.1 Å². The SMILES string of the molecule is C=CC(=O)Nc1ccnc(-c2c(Cl)ccc3cnc(Nc4ccc(N5CCOCC5)nc4)nc23)c1. The van der Waals surface area contributed by atoms with Crippen molar-refractivity contribution in [1.82, 2.24) is 19.9 Å². The largest absolute Gasteiger partial charge is 0.378 e. The Balaban J connectivity index is 1.45. The van der Waals surface area contributed by atoms with Crippen molar-refractivity contribution in [3.63, 3.8) is 0 Å². The second kappa shape index (κ2) is 10.0. The Hall–Kier alpha value is -4.08. The molecule has 0 bridgehead atoms. The molecule has 0 spiro atoms. The number of nitrogens with zero attached hydrogens (tertiary/aromatic N) is 5. The molecule has 1 aliphatic rings. The van der Waals surface area contributed by atoms with Crippen LogP contribution in [-0.2, 0) is 9.53 Å². The molecule has 1 aliphatic heterocycles. The maximum atomic E-state index is 11.7. The lowest BCUT2D eigenvalue weighted by Crippen LogP contribution is -2.36. The van der Waals surface area contributed by atoms with Crippen molar-refractivity contribution >= 4 is 51.6 Å². The molecule has 176 valence electrons. The van der Waals surface area contributed by atoms with E-state index in [0.717, 1.165) is 30.0 Å². The highest BCUT2D eigenvalue weighted by molar-refractivity contribution is 6.34. The molecular formula is C25H22ClN7O2. The summed E-state index contributed by atoms with van der Waals surface area (Å²) in [6.07, 6.45) is 6.29. The van der Waals surface area contributed by atoms with Crippen molar-refractivity contribution in [2.75, 3.05) is 41.8 Å². The number of morpholine rings is 1. The molecule has 3 aromatic heterocycles. The number of carbonyl (C=O) groups excluding carboxylic acids is 1. The van der Waals surface area contributed by atoms with E-state index in [9.17, 15) is 4.79 Å². The Morgan fingerprint density at radius 2 is 1.91 bits per heavy atom. The van der Waals surface area contributed by atoms with Gasteiger partial charge < -0.3 is 20.3 Å². The number of hydrogen-bond acceptors (Lipinski definition) is 8. The van der Waals surface area contributed by atoms with Crippen molar-refractivity contribution in [2.45, 2.75) is 0 Å². The van der Waals surface area contributed by atoms with Crippen LogP contribution in [0.25, 0.3) is 22.2 Å². The Morgan fingerprint density at radius 1 is 1.06 bits per heavy atom. The molecule has 1 amide bonds. The zero-order valence-electron chi connectivity index (χ0n) is 18.7. The molecule has 10 heteroatoms. The van der Waals surface area contributed by atoms with Gasteiger partial charge in [-0.3, -0.25) is 9.78 Å². The fraction of sp³-hybridized carbons (Fsp3) is 0.160. The summed E-state index contributed by atoms with van der Waals surface area (Å²) < 4.78 is 5.40. The molecule has 5 rings (SSSR count). The molecule has 4 aromatic rings. The molecule has 0 aliphatic carbocycles. The summed E-state index contributed by atoms with van der Waals surface area (Å²) in [5.41, 5.74) is 3.19. The monoisotopic (exact) mass is 487 g/mol. The first-order valence-electron chi connectivity index (χ1n) is 11.0. The van der Waals surface area contributed by atoms with Crippen LogP contribution in [0, 0.1) is 0 Å². The van der Waals surface area contributed by atoms with Crippen LogP contribution >= 0.6 is 11.6 Å².